The van der Waals surface area contributed by atoms with E-state index in [0.717, 1.165) is 16.9 Å². The Morgan fingerprint density at radius 3 is 2.19 bits per heavy atom. The van der Waals surface area contributed by atoms with Crippen molar-refractivity contribution in [2.45, 2.75) is 72.4 Å². The number of carbonyl (C=O) groups is 1. The van der Waals surface area contributed by atoms with E-state index in [1.807, 2.05) is 39.0 Å². The van der Waals surface area contributed by atoms with Gasteiger partial charge in [-0.2, -0.15) is 0 Å². The molecule has 146 valence electrons. The minimum absolute atomic E-state index is 0.0658. The van der Waals surface area contributed by atoms with E-state index in [4.69, 9.17) is 4.74 Å². The van der Waals surface area contributed by atoms with E-state index in [0.29, 0.717) is 6.42 Å². The Balaban J connectivity index is 2.03. The van der Waals surface area contributed by atoms with Gasteiger partial charge in [0, 0.05) is 0 Å². The summed E-state index contributed by atoms with van der Waals surface area (Å²) in [6.07, 6.45) is 0.123. The van der Waals surface area contributed by atoms with Gasteiger partial charge in [-0.15, -0.1) is 0 Å². The zero-order chi connectivity index (χ0) is 20.2. The second kappa shape index (κ2) is 8.60. The van der Waals surface area contributed by atoms with Crippen molar-refractivity contribution in [1.82, 2.24) is 5.32 Å². The van der Waals surface area contributed by atoms with Crippen LogP contribution in [0.5, 0.6) is 5.75 Å². The highest BCUT2D eigenvalue weighted by atomic mass is 16.5. The molecule has 0 heterocycles. The number of ether oxygens (including phenoxy) is 1. The molecule has 0 aromatic heterocycles. The Hall–Kier alpha value is -2.29. The van der Waals surface area contributed by atoms with E-state index >= 15 is 0 Å². The van der Waals surface area contributed by atoms with Crippen molar-refractivity contribution in [3.8, 4) is 5.75 Å². The van der Waals surface area contributed by atoms with Crippen LogP contribution in [0.3, 0.4) is 0 Å². The second-order valence-electron chi connectivity index (χ2n) is 8.36. The number of nitrogens with one attached hydrogen (secondary N) is 1. The molecular formula is C24H33NO2. The van der Waals surface area contributed by atoms with Crippen LogP contribution in [-0.4, -0.2) is 12.0 Å². The molecule has 27 heavy (non-hydrogen) atoms. The van der Waals surface area contributed by atoms with Crippen molar-refractivity contribution in [3.05, 3.63) is 64.7 Å². The van der Waals surface area contributed by atoms with Crippen molar-refractivity contribution >= 4 is 5.91 Å². The highest BCUT2D eigenvalue weighted by Gasteiger charge is 2.21. The van der Waals surface area contributed by atoms with Crippen LogP contribution in [0.25, 0.3) is 0 Å². The molecular weight excluding hydrogens is 334 g/mol. The van der Waals surface area contributed by atoms with E-state index in [1.54, 1.807) is 0 Å². The first-order valence-electron chi connectivity index (χ1n) is 9.76. The highest BCUT2D eigenvalue weighted by Crippen LogP contribution is 2.24. The molecule has 1 N–H and O–H groups in total. The van der Waals surface area contributed by atoms with Crippen molar-refractivity contribution in [3.63, 3.8) is 0 Å². The molecule has 0 saturated carbocycles. The molecule has 3 nitrogen and oxygen atoms in total. The van der Waals surface area contributed by atoms with Gasteiger partial charge in [0.15, 0.2) is 6.10 Å². The highest BCUT2D eigenvalue weighted by molar-refractivity contribution is 5.81. The SMILES string of the molecule is CC[C@H](Oc1ccc(C)c(C)c1)C(=O)N[C@H](C)c1ccc(C(C)(C)C)cc1. The maximum Gasteiger partial charge on any atom is 0.261 e. The van der Waals surface area contributed by atoms with Crippen LogP contribution in [0.2, 0.25) is 0 Å². The third kappa shape index (κ3) is 5.59. The molecule has 2 atom stereocenters. The lowest BCUT2D eigenvalue weighted by Gasteiger charge is -2.23. The van der Waals surface area contributed by atoms with Crippen molar-refractivity contribution < 1.29 is 9.53 Å². The molecule has 0 spiro atoms. The zero-order valence-electron chi connectivity index (χ0n) is 17.7. The average Bonchev–Trinajstić information content (AvgIpc) is 2.61. The van der Waals surface area contributed by atoms with Crippen LogP contribution in [0, 0.1) is 13.8 Å². The normalized spacial score (nSPS) is 13.7. The minimum Gasteiger partial charge on any atom is -0.481 e. The van der Waals surface area contributed by atoms with Gasteiger partial charge in [0.05, 0.1) is 6.04 Å². The fraction of sp³-hybridized carbons (Fsp3) is 0.458. The number of hydrogen-bond donors (Lipinski definition) is 1. The predicted octanol–water partition coefficient (Wildman–Crippen LogP) is 5.64. The molecule has 2 aromatic rings. The molecule has 3 heteroatoms. The fourth-order valence-electron chi connectivity index (χ4n) is 2.94. The maximum absolute atomic E-state index is 12.7. The van der Waals surface area contributed by atoms with Crippen LogP contribution < -0.4 is 10.1 Å². The Morgan fingerprint density at radius 2 is 1.67 bits per heavy atom. The lowest BCUT2D eigenvalue weighted by atomic mass is 9.86. The summed E-state index contributed by atoms with van der Waals surface area (Å²) in [6, 6.07) is 14.3. The van der Waals surface area contributed by atoms with Crippen LogP contribution in [0.15, 0.2) is 42.5 Å². The lowest BCUT2D eigenvalue weighted by Crippen LogP contribution is -2.39. The predicted molar refractivity (Wildman–Crippen MR) is 112 cm³/mol. The van der Waals surface area contributed by atoms with Gasteiger partial charge in [0.25, 0.3) is 5.91 Å². The number of amides is 1. The topological polar surface area (TPSA) is 38.3 Å². The number of aryl methyl sites for hydroxylation is 2. The first-order valence-corrected chi connectivity index (χ1v) is 9.76. The molecule has 0 aliphatic heterocycles. The summed E-state index contributed by atoms with van der Waals surface area (Å²) < 4.78 is 5.95. The van der Waals surface area contributed by atoms with Gasteiger partial charge in [-0.1, -0.05) is 58.0 Å². The van der Waals surface area contributed by atoms with Crippen molar-refractivity contribution in [2.24, 2.45) is 0 Å². The third-order valence-electron chi connectivity index (χ3n) is 5.06. The maximum atomic E-state index is 12.7. The number of benzene rings is 2. The summed E-state index contributed by atoms with van der Waals surface area (Å²) in [4.78, 5) is 12.7. The van der Waals surface area contributed by atoms with Gasteiger partial charge in [-0.05, 0) is 67.0 Å². The number of hydrogen-bond acceptors (Lipinski definition) is 2. The first-order chi connectivity index (χ1) is 12.6. The average molecular weight is 368 g/mol. The number of rotatable bonds is 6. The van der Waals surface area contributed by atoms with E-state index < -0.39 is 6.10 Å². The van der Waals surface area contributed by atoms with E-state index in [9.17, 15) is 4.79 Å². The molecule has 1 amide bonds. The van der Waals surface area contributed by atoms with Crippen LogP contribution in [0.1, 0.15) is 69.3 Å². The Labute approximate surface area is 164 Å². The summed E-state index contributed by atoms with van der Waals surface area (Å²) >= 11 is 0. The van der Waals surface area contributed by atoms with E-state index in [2.05, 4.69) is 57.3 Å². The van der Waals surface area contributed by atoms with Crippen molar-refractivity contribution in [2.75, 3.05) is 0 Å². The third-order valence-corrected chi connectivity index (χ3v) is 5.06. The monoisotopic (exact) mass is 367 g/mol. The summed E-state index contributed by atoms with van der Waals surface area (Å²) in [6.45, 7) is 14.7. The van der Waals surface area contributed by atoms with Crippen molar-refractivity contribution in [1.29, 1.82) is 0 Å². The standard InChI is InChI=1S/C24H33NO2/c1-8-22(27-21-14-9-16(2)17(3)15-21)23(26)25-18(4)19-10-12-20(13-11-19)24(5,6)7/h9-15,18,22H,8H2,1-7H3,(H,25,26)/t18-,22+/m1/s1. The molecule has 0 radical (unpaired) electrons. The van der Waals surface area contributed by atoms with Gasteiger partial charge in [-0.3, -0.25) is 4.79 Å². The Morgan fingerprint density at radius 1 is 1.04 bits per heavy atom. The molecule has 0 fully saturated rings. The van der Waals surface area contributed by atoms with Gasteiger partial charge < -0.3 is 10.1 Å². The quantitative estimate of drug-likeness (QED) is 0.718. The van der Waals surface area contributed by atoms with Crippen LogP contribution in [0.4, 0.5) is 0 Å². The van der Waals surface area contributed by atoms with Crippen LogP contribution in [-0.2, 0) is 10.2 Å². The van der Waals surface area contributed by atoms with Gasteiger partial charge in [0.1, 0.15) is 5.75 Å². The molecule has 2 aromatic carbocycles. The summed E-state index contributed by atoms with van der Waals surface area (Å²) in [5.41, 5.74) is 4.88. The summed E-state index contributed by atoms with van der Waals surface area (Å²) in [5, 5.41) is 3.09. The smallest absolute Gasteiger partial charge is 0.261 e. The molecule has 0 bridgehead atoms. The van der Waals surface area contributed by atoms with Crippen LogP contribution >= 0.6 is 0 Å². The molecule has 0 aliphatic carbocycles. The van der Waals surface area contributed by atoms with Gasteiger partial charge in [0.2, 0.25) is 0 Å². The summed E-state index contributed by atoms with van der Waals surface area (Å²) in [7, 11) is 0. The Kier molecular flexibility index (Phi) is 6.69. The van der Waals surface area contributed by atoms with Gasteiger partial charge in [-0.25, -0.2) is 0 Å². The number of carbonyl (C=O) groups excluding carboxylic acids is 1. The molecule has 0 saturated heterocycles. The Bertz CT molecular complexity index is 772. The van der Waals surface area contributed by atoms with Gasteiger partial charge >= 0.3 is 0 Å². The van der Waals surface area contributed by atoms with E-state index in [1.165, 1.54) is 11.1 Å². The van der Waals surface area contributed by atoms with E-state index in [-0.39, 0.29) is 17.4 Å². The first kappa shape index (κ1) is 21.0. The minimum atomic E-state index is -0.497. The second-order valence-corrected chi connectivity index (χ2v) is 8.36. The zero-order valence-corrected chi connectivity index (χ0v) is 17.7. The molecule has 0 unspecified atom stereocenters. The fourth-order valence-corrected chi connectivity index (χ4v) is 2.94. The summed E-state index contributed by atoms with van der Waals surface area (Å²) in [5.74, 6) is 0.658. The molecule has 2 rings (SSSR count). The largest absolute Gasteiger partial charge is 0.481 e. The lowest BCUT2D eigenvalue weighted by molar-refractivity contribution is -0.128. The molecule has 0 aliphatic rings.